The second kappa shape index (κ2) is 8.57. The van der Waals surface area contributed by atoms with Crippen molar-refractivity contribution < 1.29 is 4.92 Å². The lowest BCUT2D eigenvalue weighted by molar-refractivity contribution is -0.384. The lowest BCUT2D eigenvalue weighted by atomic mass is 10.1. The summed E-state index contributed by atoms with van der Waals surface area (Å²) in [6, 6.07) is 21.5. The Balaban J connectivity index is 1.50. The van der Waals surface area contributed by atoms with Crippen molar-refractivity contribution in [1.29, 1.82) is 0 Å². The zero-order valence-electron chi connectivity index (χ0n) is 14.5. The number of nitrogens with one attached hydrogen (secondary N) is 2. The molecule has 0 heterocycles. The second-order valence-electron chi connectivity index (χ2n) is 5.97. The average Bonchev–Trinajstić information content (AvgIpc) is 2.72. The van der Waals surface area contributed by atoms with Crippen molar-refractivity contribution in [2.45, 2.75) is 13.1 Å². The Bertz CT molecular complexity index is 907. The van der Waals surface area contributed by atoms with Crippen molar-refractivity contribution in [3.63, 3.8) is 0 Å². The Morgan fingerprint density at radius 1 is 0.741 bits per heavy atom. The lowest BCUT2D eigenvalue weighted by Gasteiger charge is -2.09. The molecule has 3 rings (SSSR count). The molecule has 0 saturated heterocycles. The highest BCUT2D eigenvalue weighted by Gasteiger charge is 2.03. The van der Waals surface area contributed by atoms with Crippen molar-refractivity contribution in [3.05, 3.63) is 98.9 Å². The van der Waals surface area contributed by atoms with E-state index in [0.29, 0.717) is 18.8 Å². The third kappa shape index (κ3) is 5.12. The van der Waals surface area contributed by atoms with Crippen molar-refractivity contribution in [2.24, 2.45) is 5.18 Å². The quantitative estimate of drug-likeness (QED) is 0.325. The van der Waals surface area contributed by atoms with E-state index in [0.717, 1.165) is 22.5 Å². The molecule has 0 aliphatic rings. The van der Waals surface area contributed by atoms with Gasteiger partial charge in [-0.15, -0.1) is 4.91 Å². The molecule has 7 heteroatoms. The number of nitroso groups, excluding NO2 is 1. The zero-order chi connectivity index (χ0) is 19.1. The number of rotatable bonds is 8. The minimum atomic E-state index is -0.413. The van der Waals surface area contributed by atoms with Gasteiger partial charge in [0.1, 0.15) is 5.69 Å². The molecule has 0 radical (unpaired) electrons. The predicted molar refractivity (Wildman–Crippen MR) is 106 cm³/mol. The van der Waals surface area contributed by atoms with Gasteiger partial charge in [-0.05, 0) is 52.7 Å². The third-order valence-electron chi connectivity index (χ3n) is 4.07. The van der Waals surface area contributed by atoms with Crippen LogP contribution in [0.15, 0.2) is 78.0 Å². The van der Waals surface area contributed by atoms with Gasteiger partial charge in [-0.25, -0.2) is 0 Å². The standard InChI is InChI=1S/C20H18N4O3/c25-23-19-7-5-17(6-8-19)21-13-15-1-3-16(4-2-15)14-22-18-9-11-20(12-10-18)24(26)27/h1-12,21-22H,13-14H2. The average molecular weight is 362 g/mol. The van der Waals surface area contributed by atoms with Gasteiger partial charge >= 0.3 is 0 Å². The fourth-order valence-corrected chi connectivity index (χ4v) is 2.52. The van der Waals surface area contributed by atoms with Crippen LogP contribution in [0, 0.1) is 15.0 Å². The Hall–Kier alpha value is -3.74. The fourth-order valence-electron chi connectivity index (χ4n) is 2.52. The molecule has 27 heavy (non-hydrogen) atoms. The number of nitro benzene ring substituents is 1. The van der Waals surface area contributed by atoms with Crippen LogP contribution in [-0.2, 0) is 13.1 Å². The maximum atomic E-state index is 10.7. The van der Waals surface area contributed by atoms with Gasteiger partial charge < -0.3 is 10.6 Å². The Morgan fingerprint density at radius 2 is 1.19 bits per heavy atom. The molecule has 0 saturated carbocycles. The first-order valence-corrected chi connectivity index (χ1v) is 8.37. The minimum absolute atomic E-state index is 0.0782. The molecular formula is C20H18N4O3. The van der Waals surface area contributed by atoms with E-state index in [1.54, 1.807) is 24.3 Å². The van der Waals surface area contributed by atoms with Gasteiger partial charge in [0, 0.05) is 36.6 Å². The van der Waals surface area contributed by atoms with Crippen molar-refractivity contribution >= 4 is 22.7 Å². The fraction of sp³-hybridized carbons (Fsp3) is 0.100. The summed E-state index contributed by atoms with van der Waals surface area (Å²) in [5, 5.41) is 20.1. The third-order valence-corrected chi connectivity index (χ3v) is 4.07. The summed E-state index contributed by atoms with van der Waals surface area (Å²) in [6.45, 7) is 1.30. The number of nitro groups is 1. The number of non-ortho nitro benzene ring substituents is 1. The molecule has 0 amide bonds. The second-order valence-corrected chi connectivity index (χ2v) is 5.97. The van der Waals surface area contributed by atoms with Gasteiger partial charge in [0.25, 0.3) is 5.69 Å². The topological polar surface area (TPSA) is 96.6 Å². The van der Waals surface area contributed by atoms with E-state index < -0.39 is 4.92 Å². The zero-order valence-corrected chi connectivity index (χ0v) is 14.5. The van der Waals surface area contributed by atoms with Crippen LogP contribution in [0.4, 0.5) is 22.7 Å². The molecule has 3 aromatic carbocycles. The van der Waals surface area contributed by atoms with Gasteiger partial charge in [-0.1, -0.05) is 24.3 Å². The number of benzene rings is 3. The highest BCUT2D eigenvalue weighted by Crippen LogP contribution is 2.18. The van der Waals surface area contributed by atoms with E-state index in [-0.39, 0.29) is 5.69 Å². The Kier molecular flexibility index (Phi) is 5.73. The molecule has 7 nitrogen and oxygen atoms in total. The maximum absolute atomic E-state index is 10.7. The summed E-state index contributed by atoms with van der Waals surface area (Å²) in [6.07, 6.45) is 0. The van der Waals surface area contributed by atoms with E-state index in [9.17, 15) is 15.0 Å². The van der Waals surface area contributed by atoms with Gasteiger partial charge in [0.2, 0.25) is 0 Å². The van der Waals surface area contributed by atoms with E-state index in [1.807, 2.05) is 36.4 Å². The molecule has 0 bridgehead atoms. The number of hydrogen-bond acceptors (Lipinski definition) is 6. The maximum Gasteiger partial charge on any atom is 0.269 e. The van der Waals surface area contributed by atoms with Crippen molar-refractivity contribution in [1.82, 2.24) is 0 Å². The van der Waals surface area contributed by atoms with Crippen LogP contribution < -0.4 is 10.6 Å². The first-order chi connectivity index (χ1) is 13.1. The van der Waals surface area contributed by atoms with Crippen LogP contribution >= 0.6 is 0 Å². The molecule has 0 aromatic heterocycles. The Labute approximate surface area is 156 Å². The molecule has 0 spiro atoms. The monoisotopic (exact) mass is 362 g/mol. The van der Waals surface area contributed by atoms with E-state index in [4.69, 9.17) is 0 Å². The molecule has 0 aliphatic heterocycles. The summed E-state index contributed by atoms with van der Waals surface area (Å²) >= 11 is 0. The molecule has 0 unspecified atom stereocenters. The largest absolute Gasteiger partial charge is 0.381 e. The van der Waals surface area contributed by atoms with Gasteiger partial charge in [-0.2, -0.15) is 0 Å². The van der Waals surface area contributed by atoms with Gasteiger partial charge in [0.05, 0.1) is 4.92 Å². The number of hydrogen-bond donors (Lipinski definition) is 2. The smallest absolute Gasteiger partial charge is 0.269 e. The summed E-state index contributed by atoms with van der Waals surface area (Å²) < 4.78 is 0. The number of nitrogens with zero attached hydrogens (tertiary/aromatic N) is 2. The molecule has 0 aliphatic carbocycles. The molecule has 0 atom stereocenters. The van der Waals surface area contributed by atoms with Gasteiger partial charge in [0.15, 0.2) is 0 Å². The summed E-state index contributed by atoms with van der Waals surface area (Å²) in [5.74, 6) is 0. The summed E-state index contributed by atoms with van der Waals surface area (Å²) in [5.41, 5.74) is 4.48. The molecule has 0 fully saturated rings. The highest BCUT2D eigenvalue weighted by atomic mass is 16.6. The first-order valence-electron chi connectivity index (χ1n) is 8.37. The van der Waals surface area contributed by atoms with Crippen molar-refractivity contribution in [2.75, 3.05) is 10.6 Å². The minimum Gasteiger partial charge on any atom is -0.381 e. The summed E-state index contributed by atoms with van der Waals surface area (Å²) in [7, 11) is 0. The van der Waals surface area contributed by atoms with E-state index >= 15 is 0 Å². The SMILES string of the molecule is O=Nc1ccc(NCc2ccc(CNc3ccc([N+](=O)[O-])cc3)cc2)cc1. The normalized spacial score (nSPS) is 10.2. The van der Waals surface area contributed by atoms with Crippen LogP contribution in [0.25, 0.3) is 0 Å². The van der Waals surface area contributed by atoms with E-state index in [2.05, 4.69) is 15.8 Å². The summed E-state index contributed by atoms with van der Waals surface area (Å²) in [4.78, 5) is 20.7. The molecular weight excluding hydrogens is 344 g/mol. The molecule has 2 N–H and O–H groups in total. The molecule has 136 valence electrons. The molecule has 3 aromatic rings. The Morgan fingerprint density at radius 3 is 1.59 bits per heavy atom. The first kappa shape index (κ1) is 18.1. The van der Waals surface area contributed by atoms with Crippen LogP contribution in [0.5, 0.6) is 0 Å². The van der Waals surface area contributed by atoms with Crippen molar-refractivity contribution in [3.8, 4) is 0 Å². The predicted octanol–water partition coefficient (Wildman–Crippen LogP) is 5.22. The highest BCUT2D eigenvalue weighted by molar-refractivity contribution is 5.51. The van der Waals surface area contributed by atoms with Crippen LogP contribution in [0.1, 0.15) is 11.1 Å². The van der Waals surface area contributed by atoms with E-state index in [1.165, 1.54) is 12.1 Å². The van der Waals surface area contributed by atoms with Crippen LogP contribution in [0.2, 0.25) is 0 Å². The van der Waals surface area contributed by atoms with Crippen LogP contribution in [0.3, 0.4) is 0 Å². The lowest BCUT2D eigenvalue weighted by Crippen LogP contribution is -2.01. The van der Waals surface area contributed by atoms with Gasteiger partial charge in [-0.3, -0.25) is 10.1 Å². The van der Waals surface area contributed by atoms with Crippen LogP contribution in [-0.4, -0.2) is 4.92 Å². The number of anilines is 2.